The Balaban J connectivity index is 2.77. The average Bonchev–Trinajstić information content (AvgIpc) is 2.68. The third-order valence-electron chi connectivity index (χ3n) is 2.18. The predicted octanol–water partition coefficient (Wildman–Crippen LogP) is 1.65. The van der Waals surface area contributed by atoms with Crippen molar-refractivity contribution in [1.82, 2.24) is 0 Å². The molecule has 18 heavy (non-hydrogen) atoms. The fraction of sp³-hybridized carbons (Fsp3) is 0.364. The molecular formula is C11H13NO5S. The molecule has 0 aliphatic carbocycles. The molecule has 6 nitrogen and oxygen atoms in total. The summed E-state index contributed by atoms with van der Waals surface area (Å²) in [5, 5.41) is 12.7. The van der Waals surface area contributed by atoms with Crippen molar-refractivity contribution < 1.29 is 24.2 Å². The smallest absolute Gasteiger partial charge is 0.350 e. The van der Waals surface area contributed by atoms with Crippen molar-refractivity contribution in [2.75, 3.05) is 12.4 Å². The van der Waals surface area contributed by atoms with E-state index in [1.165, 1.54) is 18.4 Å². The van der Waals surface area contributed by atoms with Gasteiger partial charge in [-0.2, -0.15) is 0 Å². The summed E-state index contributed by atoms with van der Waals surface area (Å²) < 4.78 is 4.60. The summed E-state index contributed by atoms with van der Waals surface area (Å²) in [5.41, 5.74) is 1.13. The maximum absolute atomic E-state index is 11.5. The molecule has 1 aromatic heterocycles. The molecule has 0 unspecified atom stereocenters. The summed E-state index contributed by atoms with van der Waals surface area (Å²) in [6.07, 6.45) is -0.381. The van der Waals surface area contributed by atoms with Crippen LogP contribution >= 0.6 is 11.3 Å². The van der Waals surface area contributed by atoms with Crippen molar-refractivity contribution in [3.63, 3.8) is 0 Å². The number of esters is 1. The highest BCUT2D eigenvalue weighted by molar-refractivity contribution is 7.12. The summed E-state index contributed by atoms with van der Waals surface area (Å²) in [4.78, 5) is 33.6. The van der Waals surface area contributed by atoms with Crippen LogP contribution in [0.15, 0.2) is 5.38 Å². The first-order valence-electron chi connectivity index (χ1n) is 5.13. The molecule has 0 saturated carbocycles. The van der Waals surface area contributed by atoms with Crippen molar-refractivity contribution in [3.8, 4) is 0 Å². The molecule has 0 saturated heterocycles. The number of anilines is 1. The number of nitrogens with one attached hydrogen (secondary N) is 1. The van der Waals surface area contributed by atoms with E-state index in [-0.39, 0.29) is 12.8 Å². The first-order valence-corrected chi connectivity index (χ1v) is 6.01. The quantitative estimate of drug-likeness (QED) is 0.794. The predicted molar refractivity (Wildman–Crippen MR) is 65.9 cm³/mol. The molecule has 1 aromatic rings. The number of carbonyl (C=O) groups is 3. The van der Waals surface area contributed by atoms with E-state index in [0.29, 0.717) is 10.6 Å². The lowest BCUT2D eigenvalue weighted by Crippen LogP contribution is -2.15. The van der Waals surface area contributed by atoms with E-state index in [9.17, 15) is 14.4 Å². The molecule has 0 spiro atoms. The van der Waals surface area contributed by atoms with Crippen molar-refractivity contribution in [2.24, 2.45) is 0 Å². The maximum atomic E-state index is 11.5. The first kappa shape index (κ1) is 14.2. The fourth-order valence-electron chi connectivity index (χ4n) is 1.26. The van der Waals surface area contributed by atoms with Gasteiger partial charge in [0.1, 0.15) is 4.88 Å². The Morgan fingerprint density at radius 2 is 2.06 bits per heavy atom. The fourth-order valence-corrected chi connectivity index (χ4v) is 2.19. The molecule has 0 bridgehead atoms. The van der Waals surface area contributed by atoms with Gasteiger partial charge >= 0.3 is 11.9 Å². The van der Waals surface area contributed by atoms with Gasteiger partial charge in [0.2, 0.25) is 5.91 Å². The molecular weight excluding hydrogens is 258 g/mol. The minimum Gasteiger partial charge on any atom is -0.481 e. The zero-order valence-electron chi connectivity index (χ0n) is 9.98. The van der Waals surface area contributed by atoms with Gasteiger partial charge in [0.05, 0.1) is 19.2 Å². The number of carboxylic acid groups (broad SMARTS) is 1. The number of thiophene rings is 1. The standard InChI is InChI=1S/C11H13NO5S/c1-6-5-18-10(11(16)17-2)9(6)12-7(13)3-4-8(14)15/h5H,3-4H2,1-2H3,(H,12,13)(H,14,15). The minimum absolute atomic E-state index is 0.134. The van der Waals surface area contributed by atoms with Gasteiger partial charge in [-0.1, -0.05) is 0 Å². The van der Waals surface area contributed by atoms with E-state index in [2.05, 4.69) is 10.1 Å². The van der Waals surface area contributed by atoms with Gasteiger partial charge in [-0.3, -0.25) is 9.59 Å². The SMILES string of the molecule is COC(=O)c1scc(C)c1NC(=O)CCC(=O)O. The molecule has 7 heteroatoms. The van der Waals surface area contributed by atoms with Crippen LogP contribution in [0.1, 0.15) is 28.1 Å². The van der Waals surface area contributed by atoms with Gasteiger partial charge in [-0.05, 0) is 17.9 Å². The van der Waals surface area contributed by atoms with E-state index in [4.69, 9.17) is 5.11 Å². The Labute approximate surface area is 108 Å². The van der Waals surface area contributed by atoms with E-state index >= 15 is 0 Å². The zero-order valence-corrected chi connectivity index (χ0v) is 10.8. The normalized spacial score (nSPS) is 9.89. The molecule has 0 aromatic carbocycles. The lowest BCUT2D eigenvalue weighted by Gasteiger charge is -2.06. The molecule has 1 heterocycles. The largest absolute Gasteiger partial charge is 0.481 e. The van der Waals surface area contributed by atoms with Gasteiger partial charge in [-0.25, -0.2) is 4.79 Å². The Morgan fingerprint density at radius 1 is 1.39 bits per heavy atom. The van der Waals surface area contributed by atoms with E-state index < -0.39 is 17.8 Å². The second-order valence-electron chi connectivity index (χ2n) is 3.56. The second-order valence-corrected chi connectivity index (χ2v) is 4.44. The highest BCUT2D eigenvalue weighted by atomic mass is 32.1. The van der Waals surface area contributed by atoms with Gasteiger partial charge in [-0.15, -0.1) is 11.3 Å². The van der Waals surface area contributed by atoms with Gasteiger partial charge in [0.25, 0.3) is 0 Å². The van der Waals surface area contributed by atoms with Gasteiger partial charge < -0.3 is 15.2 Å². The summed E-state index contributed by atoms with van der Waals surface area (Å²) in [6.45, 7) is 1.75. The Hall–Kier alpha value is -1.89. The van der Waals surface area contributed by atoms with E-state index in [0.717, 1.165) is 5.56 Å². The Bertz CT molecular complexity index is 480. The third kappa shape index (κ3) is 3.56. The zero-order chi connectivity index (χ0) is 13.7. The first-order chi connectivity index (χ1) is 8.45. The van der Waals surface area contributed by atoms with Crippen LogP contribution in [0, 0.1) is 6.92 Å². The number of hydrogen-bond donors (Lipinski definition) is 2. The Kier molecular flexibility index (Phi) is 4.85. The topological polar surface area (TPSA) is 92.7 Å². The van der Waals surface area contributed by atoms with Crippen LogP contribution in [0.2, 0.25) is 0 Å². The monoisotopic (exact) mass is 271 g/mol. The second kappa shape index (κ2) is 6.15. The number of methoxy groups -OCH3 is 1. The number of hydrogen-bond acceptors (Lipinski definition) is 5. The average molecular weight is 271 g/mol. The van der Waals surface area contributed by atoms with Crippen molar-refractivity contribution in [1.29, 1.82) is 0 Å². The van der Waals surface area contributed by atoms with E-state index in [1.807, 2.05) is 0 Å². The molecule has 1 rings (SSSR count). The summed E-state index contributed by atoms with van der Waals surface area (Å²) >= 11 is 1.17. The van der Waals surface area contributed by atoms with Crippen molar-refractivity contribution >= 4 is 34.9 Å². The molecule has 0 aliphatic heterocycles. The maximum Gasteiger partial charge on any atom is 0.350 e. The molecule has 0 radical (unpaired) electrons. The van der Waals surface area contributed by atoms with Crippen LogP contribution in [0.5, 0.6) is 0 Å². The lowest BCUT2D eigenvalue weighted by atomic mass is 10.2. The van der Waals surface area contributed by atoms with Crippen LogP contribution in [-0.2, 0) is 14.3 Å². The van der Waals surface area contributed by atoms with Crippen molar-refractivity contribution in [3.05, 3.63) is 15.8 Å². The van der Waals surface area contributed by atoms with Gasteiger partial charge in [0.15, 0.2) is 0 Å². The molecule has 2 N–H and O–H groups in total. The van der Waals surface area contributed by atoms with Crippen LogP contribution in [0.25, 0.3) is 0 Å². The third-order valence-corrected chi connectivity index (χ3v) is 3.25. The number of ether oxygens (including phenoxy) is 1. The lowest BCUT2D eigenvalue weighted by molar-refractivity contribution is -0.138. The van der Waals surface area contributed by atoms with E-state index in [1.54, 1.807) is 12.3 Å². The number of amides is 1. The number of carbonyl (C=O) groups excluding carboxylic acids is 2. The van der Waals surface area contributed by atoms with Crippen LogP contribution in [-0.4, -0.2) is 30.1 Å². The Morgan fingerprint density at radius 3 is 2.61 bits per heavy atom. The number of aryl methyl sites for hydroxylation is 1. The van der Waals surface area contributed by atoms with Crippen molar-refractivity contribution in [2.45, 2.75) is 19.8 Å². The highest BCUT2D eigenvalue weighted by Crippen LogP contribution is 2.28. The summed E-state index contributed by atoms with van der Waals surface area (Å²) in [5.74, 6) is -2.01. The van der Waals surface area contributed by atoms with Crippen LogP contribution in [0.3, 0.4) is 0 Å². The molecule has 0 aliphatic rings. The highest BCUT2D eigenvalue weighted by Gasteiger charge is 2.18. The van der Waals surface area contributed by atoms with Gasteiger partial charge in [0, 0.05) is 6.42 Å². The summed E-state index contributed by atoms with van der Waals surface area (Å²) in [7, 11) is 1.26. The van der Waals surface area contributed by atoms with Crippen LogP contribution < -0.4 is 5.32 Å². The molecule has 1 amide bonds. The number of rotatable bonds is 5. The number of aliphatic carboxylic acids is 1. The summed E-state index contributed by atoms with van der Waals surface area (Å²) in [6, 6.07) is 0. The molecule has 0 fully saturated rings. The minimum atomic E-state index is -1.04. The number of carboxylic acids is 1. The molecule has 98 valence electrons. The molecule has 0 atom stereocenters. The van der Waals surface area contributed by atoms with Crippen LogP contribution in [0.4, 0.5) is 5.69 Å².